The molecule has 2 heterocycles. The van der Waals surface area contributed by atoms with Gasteiger partial charge in [0.15, 0.2) is 10.3 Å². The summed E-state index contributed by atoms with van der Waals surface area (Å²) in [6.07, 6.45) is 3.78. The lowest BCUT2D eigenvalue weighted by Crippen LogP contribution is -2.05. The first kappa shape index (κ1) is 20.8. The zero-order valence-electron chi connectivity index (χ0n) is 14.1. The molecule has 0 aliphatic rings. The zero-order valence-corrected chi connectivity index (χ0v) is 17.4. The van der Waals surface area contributed by atoms with Gasteiger partial charge in [0.2, 0.25) is 9.54 Å². The second-order valence-corrected chi connectivity index (χ2v) is 6.35. The lowest BCUT2D eigenvalue weighted by molar-refractivity contribution is 0.349. The first-order valence-corrected chi connectivity index (χ1v) is 9.70. The van der Waals surface area contributed by atoms with Gasteiger partial charge in [-0.25, -0.2) is 0 Å². The molecule has 0 spiro atoms. The first-order valence-electron chi connectivity index (χ1n) is 6.44. The van der Waals surface area contributed by atoms with Crippen molar-refractivity contribution >= 4 is 48.0 Å². The van der Waals surface area contributed by atoms with Gasteiger partial charge >= 0.3 is 0 Å². The summed E-state index contributed by atoms with van der Waals surface area (Å²) in [6, 6.07) is 0.971. The van der Waals surface area contributed by atoms with Crippen molar-refractivity contribution in [1.82, 2.24) is 29.1 Å². The van der Waals surface area contributed by atoms with Crippen LogP contribution in [0.3, 0.4) is 0 Å². The lowest BCUT2D eigenvalue weighted by atomic mass is 10.9. The minimum Gasteiger partial charge on any atom is -0.468 e. The molecule has 8 nitrogen and oxygen atoms in total. The molecule has 0 amide bonds. The van der Waals surface area contributed by atoms with Gasteiger partial charge in [-0.05, 0) is 36.9 Å². The number of hydrogen-bond donors (Lipinski definition) is 0. The standard InChI is InChI=1S/2C6H9N3OS2/c2*1-9-5(10-2)7-4(12-3)8-6(9)11/h2*1-3H3. The van der Waals surface area contributed by atoms with Crippen molar-refractivity contribution in [2.75, 3.05) is 26.7 Å². The Morgan fingerprint density at radius 1 is 0.750 bits per heavy atom. The van der Waals surface area contributed by atoms with E-state index in [2.05, 4.69) is 19.9 Å². The van der Waals surface area contributed by atoms with Crippen molar-refractivity contribution in [2.24, 2.45) is 14.1 Å². The normalized spacial score (nSPS) is 9.92. The van der Waals surface area contributed by atoms with E-state index >= 15 is 0 Å². The van der Waals surface area contributed by atoms with E-state index < -0.39 is 0 Å². The van der Waals surface area contributed by atoms with E-state index in [1.54, 1.807) is 37.4 Å². The molecule has 0 bridgehead atoms. The molecule has 0 aromatic carbocycles. The van der Waals surface area contributed by atoms with Crippen LogP contribution >= 0.6 is 48.0 Å². The number of rotatable bonds is 4. The van der Waals surface area contributed by atoms with E-state index in [1.807, 2.05) is 12.5 Å². The highest BCUT2D eigenvalue weighted by Crippen LogP contribution is 2.13. The SMILES string of the molecule is COc1nc(SC)nc(=S)n1C.COc1nc(SC)nc(=S)n1C. The highest BCUT2D eigenvalue weighted by atomic mass is 32.2. The summed E-state index contributed by atoms with van der Waals surface area (Å²) in [5.74, 6) is 0. The number of aromatic nitrogens is 6. The number of ether oxygens (including phenoxy) is 2. The highest BCUT2D eigenvalue weighted by Gasteiger charge is 2.03. The van der Waals surface area contributed by atoms with Crippen LogP contribution in [0.15, 0.2) is 10.3 Å². The molecule has 0 aliphatic carbocycles. The van der Waals surface area contributed by atoms with Crippen LogP contribution < -0.4 is 9.47 Å². The Morgan fingerprint density at radius 3 is 1.33 bits per heavy atom. The smallest absolute Gasteiger partial charge is 0.300 e. The maximum Gasteiger partial charge on any atom is 0.300 e. The highest BCUT2D eigenvalue weighted by molar-refractivity contribution is 7.98. The molecule has 0 atom stereocenters. The van der Waals surface area contributed by atoms with Gasteiger partial charge in [0.05, 0.1) is 14.2 Å². The van der Waals surface area contributed by atoms with E-state index in [-0.39, 0.29) is 0 Å². The molecule has 0 N–H and O–H groups in total. The summed E-state index contributed by atoms with van der Waals surface area (Å²) in [7, 11) is 6.65. The summed E-state index contributed by atoms with van der Waals surface area (Å²) in [5.41, 5.74) is 0. The van der Waals surface area contributed by atoms with Crippen molar-refractivity contribution in [3.8, 4) is 12.0 Å². The van der Waals surface area contributed by atoms with Crippen LogP contribution in [0.4, 0.5) is 0 Å². The van der Waals surface area contributed by atoms with Gasteiger partial charge < -0.3 is 9.47 Å². The van der Waals surface area contributed by atoms with Crippen LogP contribution in [-0.2, 0) is 14.1 Å². The van der Waals surface area contributed by atoms with Crippen LogP contribution in [0.25, 0.3) is 0 Å². The maximum absolute atomic E-state index is 5.00. The summed E-state index contributed by atoms with van der Waals surface area (Å²) in [6.45, 7) is 0. The zero-order chi connectivity index (χ0) is 18.3. The topological polar surface area (TPSA) is 79.9 Å². The van der Waals surface area contributed by atoms with Crippen LogP contribution in [0, 0.1) is 9.54 Å². The Hall–Kier alpha value is -1.24. The Kier molecular flexibility index (Phi) is 8.59. The summed E-state index contributed by atoms with van der Waals surface area (Å²) >= 11 is 12.8. The number of hydrogen-bond acceptors (Lipinski definition) is 10. The molecule has 0 saturated carbocycles. The first-order chi connectivity index (χ1) is 11.4. The minimum absolute atomic E-state index is 0.478. The van der Waals surface area contributed by atoms with Crippen LogP contribution in [0.2, 0.25) is 0 Å². The van der Waals surface area contributed by atoms with Crippen molar-refractivity contribution in [3.63, 3.8) is 0 Å². The summed E-state index contributed by atoms with van der Waals surface area (Å²) < 4.78 is 14.2. The summed E-state index contributed by atoms with van der Waals surface area (Å²) in [5, 5.41) is 1.27. The fourth-order valence-electron chi connectivity index (χ4n) is 1.39. The van der Waals surface area contributed by atoms with Gasteiger partial charge in [0.25, 0.3) is 12.0 Å². The van der Waals surface area contributed by atoms with Crippen LogP contribution in [0.1, 0.15) is 0 Å². The van der Waals surface area contributed by atoms with Gasteiger partial charge in [-0.15, -0.1) is 0 Å². The Balaban J connectivity index is 0.000000240. The number of thioether (sulfide) groups is 2. The van der Waals surface area contributed by atoms with Crippen molar-refractivity contribution in [2.45, 2.75) is 10.3 Å². The monoisotopic (exact) mass is 406 g/mol. The molecular weight excluding hydrogens is 388 g/mol. The van der Waals surface area contributed by atoms with Gasteiger partial charge in [-0.2, -0.15) is 19.9 Å². The Morgan fingerprint density at radius 2 is 1.08 bits per heavy atom. The molecule has 24 heavy (non-hydrogen) atoms. The second kappa shape index (κ2) is 9.91. The molecule has 2 aromatic heterocycles. The fraction of sp³-hybridized carbons (Fsp3) is 0.500. The molecule has 2 aromatic rings. The molecule has 12 heteroatoms. The molecule has 0 aliphatic heterocycles. The largest absolute Gasteiger partial charge is 0.468 e. The molecule has 132 valence electrons. The third-order valence-electron chi connectivity index (χ3n) is 2.64. The third-order valence-corrected chi connectivity index (χ3v) is 4.47. The van der Waals surface area contributed by atoms with Crippen molar-refractivity contribution < 1.29 is 9.47 Å². The van der Waals surface area contributed by atoms with Gasteiger partial charge in [-0.1, -0.05) is 23.5 Å². The lowest BCUT2D eigenvalue weighted by Gasteiger charge is -2.05. The van der Waals surface area contributed by atoms with Crippen molar-refractivity contribution in [3.05, 3.63) is 9.54 Å². The van der Waals surface area contributed by atoms with Crippen molar-refractivity contribution in [1.29, 1.82) is 0 Å². The predicted molar refractivity (Wildman–Crippen MR) is 100 cm³/mol. The van der Waals surface area contributed by atoms with E-state index in [1.165, 1.54) is 23.5 Å². The van der Waals surface area contributed by atoms with E-state index in [0.717, 1.165) is 0 Å². The van der Waals surface area contributed by atoms with E-state index in [4.69, 9.17) is 33.9 Å². The Bertz CT molecular complexity index is 740. The average Bonchev–Trinajstić information content (AvgIpc) is 2.59. The average molecular weight is 407 g/mol. The minimum atomic E-state index is 0.478. The molecule has 0 saturated heterocycles. The molecule has 0 unspecified atom stereocenters. The fourth-order valence-corrected chi connectivity index (χ4v) is 2.53. The van der Waals surface area contributed by atoms with E-state index in [0.29, 0.717) is 31.9 Å². The predicted octanol–water partition coefficient (Wildman–Crippen LogP) is 2.55. The van der Waals surface area contributed by atoms with E-state index in [9.17, 15) is 0 Å². The summed E-state index contributed by atoms with van der Waals surface area (Å²) in [4.78, 5) is 16.3. The molecule has 2 rings (SSSR count). The van der Waals surface area contributed by atoms with Gasteiger partial charge in [0, 0.05) is 14.1 Å². The second-order valence-electron chi connectivity index (χ2n) is 4.08. The van der Waals surface area contributed by atoms with Crippen LogP contribution in [0.5, 0.6) is 12.0 Å². The molecule has 0 fully saturated rings. The third kappa shape index (κ3) is 5.40. The Labute approximate surface area is 159 Å². The molecule has 0 radical (unpaired) electrons. The molecular formula is C12H18N6O2S4. The van der Waals surface area contributed by atoms with Gasteiger partial charge in [-0.3, -0.25) is 9.13 Å². The quantitative estimate of drug-likeness (QED) is 0.558. The maximum atomic E-state index is 5.00. The number of methoxy groups -OCH3 is 2. The van der Waals surface area contributed by atoms with Crippen LogP contribution in [-0.4, -0.2) is 55.8 Å². The number of nitrogens with zero attached hydrogens (tertiary/aromatic N) is 6. The van der Waals surface area contributed by atoms with Gasteiger partial charge in [0.1, 0.15) is 0 Å².